The largest absolute Gasteiger partial charge is 0.299 e. The van der Waals surface area contributed by atoms with Crippen LogP contribution in [0.5, 0.6) is 0 Å². The fourth-order valence-corrected chi connectivity index (χ4v) is 3.31. The molecule has 4 nitrogen and oxygen atoms in total. The first-order valence-electron chi connectivity index (χ1n) is 9.04. The summed E-state index contributed by atoms with van der Waals surface area (Å²) >= 11 is 0. The van der Waals surface area contributed by atoms with E-state index in [1.54, 1.807) is 24.3 Å². The van der Waals surface area contributed by atoms with Crippen molar-refractivity contribution in [1.82, 2.24) is 0 Å². The van der Waals surface area contributed by atoms with Crippen LogP contribution in [0.3, 0.4) is 0 Å². The molecule has 1 heterocycles. The van der Waals surface area contributed by atoms with Crippen LogP contribution in [-0.2, 0) is 14.4 Å². The van der Waals surface area contributed by atoms with E-state index in [1.165, 1.54) is 37.5 Å². The van der Waals surface area contributed by atoms with Crippen LogP contribution in [0.4, 0.5) is 5.69 Å². The predicted molar refractivity (Wildman–Crippen MR) is 95.0 cm³/mol. The van der Waals surface area contributed by atoms with Gasteiger partial charge in [0.05, 0.1) is 5.69 Å². The molecule has 24 heavy (non-hydrogen) atoms. The summed E-state index contributed by atoms with van der Waals surface area (Å²) in [5.74, 6) is -1.61. The van der Waals surface area contributed by atoms with Gasteiger partial charge in [0.2, 0.25) is 11.8 Å². The van der Waals surface area contributed by atoms with Gasteiger partial charge in [0, 0.05) is 6.42 Å². The second-order valence-electron chi connectivity index (χ2n) is 6.54. The van der Waals surface area contributed by atoms with E-state index in [0.29, 0.717) is 17.7 Å². The Morgan fingerprint density at radius 1 is 1.00 bits per heavy atom. The van der Waals surface area contributed by atoms with Crippen LogP contribution >= 0.6 is 0 Å². The summed E-state index contributed by atoms with van der Waals surface area (Å²) < 4.78 is 0. The van der Waals surface area contributed by atoms with Gasteiger partial charge < -0.3 is 0 Å². The van der Waals surface area contributed by atoms with Gasteiger partial charge in [-0.3, -0.25) is 14.4 Å². The van der Waals surface area contributed by atoms with Crippen LogP contribution in [0, 0.1) is 0 Å². The average molecular weight is 329 g/mol. The van der Waals surface area contributed by atoms with Crippen LogP contribution in [0.25, 0.3) is 0 Å². The number of para-hydroxylation sites is 1. The van der Waals surface area contributed by atoms with Crippen LogP contribution in [0.15, 0.2) is 24.3 Å². The van der Waals surface area contributed by atoms with Gasteiger partial charge in [-0.15, -0.1) is 0 Å². The van der Waals surface area contributed by atoms with Crippen molar-refractivity contribution in [3.05, 3.63) is 29.8 Å². The van der Waals surface area contributed by atoms with Gasteiger partial charge in [-0.1, -0.05) is 63.6 Å². The van der Waals surface area contributed by atoms with Crippen molar-refractivity contribution in [2.45, 2.75) is 71.1 Å². The van der Waals surface area contributed by atoms with Crippen LogP contribution in [0.2, 0.25) is 0 Å². The molecule has 0 saturated heterocycles. The Bertz CT molecular complexity index is 609. The van der Waals surface area contributed by atoms with E-state index in [0.717, 1.165) is 19.3 Å². The highest BCUT2D eigenvalue weighted by Gasteiger charge is 2.42. The highest BCUT2D eigenvalue weighted by Crippen LogP contribution is 2.38. The molecule has 2 rings (SSSR count). The molecule has 1 aliphatic rings. The smallest absolute Gasteiger partial charge is 0.248 e. The SMILES string of the molecule is CCCCCCCCCC(=O)N1C(=O)C(C(C)=O)c2ccccc21. The Hall–Kier alpha value is -1.97. The van der Waals surface area contributed by atoms with Gasteiger partial charge in [-0.05, 0) is 25.0 Å². The minimum absolute atomic E-state index is 0.190. The van der Waals surface area contributed by atoms with Gasteiger partial charge in [-0.2, -0.15) is 0 Å². The molecule has 0 saturated carbocycles. The second-order valence-corrected chi connectivity index (χ2v) is 6.54. The van der Waals surface area contributed by atoms with Crippen molar-refractivity contribution in [3.8, 4) is 0 Å². The summed E-state index contributed by atoms with van der Waals surface area (Å²) in [6, 6.07) is 7.11. The lowest BCUT2D eigenvalue weighted by atomic mass is 9.97. The molecule has 4 heteroatoms. The molecule has 0 N–H and O–H groups in total. The molecule has 1 aromatic rings. The third-order valence-electron chi connectivity index (χ3n) is 4.61. The molecule has 0 fully saturated rings. The number of carbonyl (C=O) groups excluding carboxylic acids is 3. The van der Waals surface area contributed by atoms with E-state index in [1.807, 2.05) is 0 Å². The number of fused-ring (bicyclic) bond motifs is 1. The lowest BCUT2D eigenvalue weighted by Crippen LogP contribution is -2.36. The summed E-state index contributed by atoms with van der Waals surface area (Å²) in [7, 11) is 0. The first-order chi connectivity index (χ1) is 11.6. The summed E-state index contributed by atoms with van der Waals surface area (Å²) in [6.45, 7) is 3.60. The Morgan fingerprint density at radius 3 is 2.29 bits per heavy atom. The number of hydrogen-bond donors (Lipinski definition) is 0. The third-order valence-corrected chi connectivity index (χ3v) is 4.61. The molecule has 0 aromatic heterocycles. The van der Waals surface area contributed by atoms with E-state index < -0.39 is 11.8 Å². The lowest BCUT2D eigenvalue weighted by molar-refractivity contribution is -0.129. The number of anilines is 1. The van der Waals surface area contributed by atoms with Gasteiger partial charge >= 0.3 is 0 Å². The van der Waals surface area contributed by atoms with E-state index >= 15 is 0 Å². The Morgan fingerprint density at radius 2 is 1.62 bits per heavy atom. The maximum absolute atomic E-state index is 12.5. The van der Waals surface area contributed by atoms with Crippen molar-refractivity contribution in [1.29, 1.82) is 0 Å². The van der Waals surface area contributed by atoms with Crippen LogP contribution < -0.4 is 4.90 Å². The monoisotopic (exact) mass is 329 g/mol. The van der Waals surface area contributed by atoms with Crippen LogP contribution in [0.1, 0.15) is 76.7 Å². The number of hydrogen-bond acceptors (Lipinski definition) is 3. The molecule has 1 aromatic carbocycles. The lowest BCUT2D eigenvalue weighted by Gasteiger charge is -2.15. The number of nitrogens with zero attached hydrogens (tertiary/aromatic N) is 1. The fraction of sp³-hybridized carbons (Fsp3) is 0.550. The molecule has 130 valence electrons. The quantitative estimate of drug-likeness (QED) is 0.499. The molecule has 0 radical (unpaired) electrons. The second kappa shape index (κ2) is 8.76. The number of Topliss-reactive ketones (excluding diaryl/α,β-unsaturated/α-hetero) is 1. The van der Waals surface area contributed by atoms with E-state index in [4.69, 9.17) is 0 Å². The van der Waals surface area contributed by atoms with Gasteiger partial charge in [0.15, 0.2) is 0 Å². The maximum Gasteiger partial charge on any atom is 0.248 e. The van der Waals surface area contributed by atoms with Crippen molar-refractivity contribution in [3.63, 3.8) is 0 Å². The molecule has 1 atom stereocenters. The topological polar surface area (TPSA) is 54.5 Å². The van der Waals surface area contributed by atoms with Gasteiger partial charge in [0.1, 0.15) is 11.7 Å². The fourth-order valence-electron chi connectivity index (χ4n) is 3.31. The first-order valence-corrected chi connectivity index (χ1v) is 9.04. The minimum Gasteiger partial charge on any atom is -0.299 e. The molecular formula is C20H27NO3. The van der Waals surface area contributed by atoms with E-state index in [9.17, 15) is 14.4 Å². The molecule has 2 amide bonds. The zero-order valence-corrected chi connectivity index (χ0v) is 14.7. The molecular weight excluding hydrogens is 302 g/mol. The zero-order chi connectivity index (χ0) is 17.5. The molecule has 1 unspecified atom stereocenters. The van der Waals surface area contributed by atoms with Crippen molar-refractivity contribution < 1.29 is 14.4 Å². The van der Waals surface area contributed by atoms with E-state index in [-0.39, 0.29) is 11.7 Å². The standard InChI is InChI=1S/C20H27NO3/c1-3-4-5-6-7-8-9-14-18(23)21-17-13-11-10-12-16(17)19(15(2)22)20(21)24/h10-13,19H,3-9,14H2,1-2H3. The number of imide groups is 1. The maximum atomic E-state index is 12.5. The van der Waals surface area contributed by atoms with Crippen LogP contribution in [-0.4, -0.2) is 17.6 Å². The number of rotatable bonds is 9. The average Bonchev–Trinajstić information content (AvgIpc) is 2.85. The predicted octanol–water partition coefficient (Wildman–Crippen LogP) is 4.37. The minimum atomic E-state index is -0.820. The highest BCUT2D eigenvalue weighted by molar-refractivity contribution is 6.27. The number of unbranched alkanes of at least 4 members (excludes halogenated alkanes) is 6. The Labute approximate surface area is 144 Å². The molecule has 0 bridgehead atoms. The number of benzene rings is 1. The highest BCUT2D eigenvalue weighted by atomic mass is 16.2. The molecule has 0 aliphatic carbocycles. The summed E-state index contributed by atoms with van der Waals surface area (Å²) in [5.41, 5.74) is 1.23. The summed E-state index contributed by atoms with van der Waals surface area (Å²) in [4.78, 5) is 38.1. The third kappa shape index (κ3) is 4.11. The summed E-state index contributed by atoms with van der Waals surface area (Å²) in [6.07, 6.45) is 8.25. The van der Waals surface area contributed by atoms with Crippen molar-refractivity contribution >= 4 is 23.3 Å². The molecule has 1 aliphatic heterocycles. The van der Waals surface area contributed by atoms with Crippen molar-refractivity contribution in [2.24, 2.45) is 0 Å². The van der Waals surface area contributed by atoms with Crippen molar-refractivity contribution in [2.75, 3.05) is 4.90 Å². The number of amides is 2. The van der Waals surface area contributed by atoms with Gasteiger partial charge in [0.25, 0.3) is 0 Å². The normalized spacial score (nSPS) is 16.3. The summed E-state index contributed by atoms with van der Waals surface area (Å²) in [5, 5.41) is 0. The first kappa shape index (κ1) is 18.4. The molecule has 0 spiro atoms. The number of carbonyl (C=O) groups is 3. The Kier molecular flexibility index (Phi) is 6.71. The number of ketones is 1. The zero-order valence-electron chi connectivity index (χ0n) is 14.7. The van der Waals surface area contributed by atoms with E-state index in [2.05, 4.69) is 6.92 Å². The Balaban J connectivity index is 1.92. The van der Waals surface area contributed by atoms with Gasteiger partial charge in [-0.25, -0.2) is 4.90 Å².